The van der Waals surface area contributed by atoms with Crippen molar-refractivity contribution in [3.8, 4) is 0 Å². The Morgan fingerprint density at radius 2 is 1.95 bits per heavy atom. The van der Waals surface area contributed by atoms with Crippen LogP contribution in [0.3, 0.4) is 0 Å². The molecule has 0 bridgehead atoms. The third kappa shape index (κ3) is 10.0. The van der Waals surface area contributed by atoms with Gasteiger partial charge < -0.3 is 14.8 Å². The lowest BCUT2D eigenvalue weighted by Gasteiger charge is -2.12. The zero-order valence-electron chi connectivity index (χ0n) is 11.3. The van der Waals surface area contributed by atoms with E-state index in [4.69, 9.17) is 15.0 Å². The highest BCUT2D eigenvalue weighted by atomic mass is 16.7. The van der Waals surface area contributed by atoms with E-state index in [1.807, 2.05) is 0 Å². The summed E-state index contributed by atoms with van der Waals surface area (Å²) in [5, 5.41) is 5.23. The number of hydrogen-bond acceptors (Lipinski definition) is 4. The predicted molar refractivity (Wildman–Crippen MR) is 68.1 cm³/mol. The lowest BCUT2D eigenvalue weighted by Crippen LogP contribution is -2.28. The van der Waals surface area contributed by atoms with Gasteiger partial charge in [-0.25, -0.2) is 0 Å². The normalized spacial score (nSPS) is 10.1. The molecule has 0 fully saturated rings. The van der Waals surface area contributed by atoms with Crippen LogP contribution in [-0.4, -0.2) is 38.9 Å². The Balaban J connectivity index is 3.53. The van der Waals surface area contributed by atoms with Crippen LogP contribution >= 0.6 is 0 Å². The number of nitrogens with zero attached hydrogens (tertiary/aromatic N) is 3. The number of azide groups is 1. The molecule has 0 aliphatic carbocycles. The first-order valence-corrected chi connectivity index (χ1v) is 6.04. The molecular weight excluding hydrogens is 252 g/mol. The maximum atomic E-state index is 11.3. The van der Waals surface area contributed by atoms with Gasteiger partial charge in [0.1, 0.15) is 0 Å². The summed E-state index contributed by atoms with van der Waals surface area (Å²) in [5.41, 5.74) is 7.99. The highest BCUT2D eigenvalue weighted by molar-refractivity contribution is 5.84. The Hall–Kier alpha value is -1.63. The first-order chi connectivity index (χ1) is 9.13. The molecule has 0 rings (SSSR count). The molecule has 0 unspecified atom stereocenters. The van der Waals surface area contributed by atoms with Gasteiger partial charge in [0.15, 0.2) is 6.29 Å². The molecule has 0 radical (unpaired) electrons. The first kappa shape index (κ1) is 17.4. The van der Waals surface area contributed by atoms with Crippen molar-refractivity contribution >= 4 is 11.8 Å². The maximum Gasteiger partial charge on any atom is 0.237 e. The lowest BCUT2D eigenvalue weighted by molar-refractivity contribution is -0.124. The molecule has 0 heterocycles. The molecule has 2 amide bonds. The van der Waals surface area contributed by atoms with Crippen LogP contribution in [0.4, 0.5) is 0 Å². The molecule has 0 atom stereocenters. The van der Waals surface area contributed by atoms with E-state index in [-0.39, 0.29) is 18.7 Å². The van der Waals surface area contributed by atoms with Crippen LogP contribution < -0.4 is 5.32 Å². The summed E-state index contributed by atoms with van der Waals surface area (Å²) >= 11 is 0. The van der Waals surface area contributed by atoms with Crippen LogP contribution in [0.1, 0.15) is 32.1 Å². The minimum absolute atomic E-state index is 0.199. The Labute approximate surface area is 112 Å². The molecule has 0 spiro atoms. The number of ether oxygens (including phenoxy) is 2. The summed E-state index contributed by atoms with van der Waals surface area (Å²) in [7, 11) is 3.17. The summed E-state index contributed by atoms with van der Waals surface area (Å²) in [6, 6.07) is 0. The Bertz CT molecular complexity index is 325. The fourth-order valence-corrected chi connectivity index (χ4v) is 1.45. The number of unbranched alkanes of at least 4 members (excludes halogenated alkanes) is 2. The molecule has 0 saturated heterocycles. The van der Waals surface area contributed by atoms with Gasteiger partial charge >= 0.3 is 0 Å². The number of methoxy groups -OCH3 is 2. The molecule has 8 nitrogen and oxygen atoms in total. The summed E-state index contributed by atoms with van der Waals surface area (Å²) in [6.07, 6.45) is 3.42. The lowest BCUT2D eigenvalue weighted by atomic mass is 10.1. The maximum absolute atomic E-state index is 11.3. The Morgan fingerprint density at radius 1 is 1.26 bits per heavy atom. The first-order valence-electron chi connectivity index (χ1n) is 6.04. The fourth-order valence-electron chi connectivity index (χ4n) is 1.45. The third-order valence-corrected chi connectivity index (χ3v) is 2.46. The summed E-state index contributed by atoms with van der Waals surface area (Å²) in [5.74, 6) is -0.921. The van der Waals surface area contributed by atoms with Gasteiger partial charge in [-0.1, -0.05) is 6.42 Å². The topological polar surface area (TPSA) is 113 Å². The van der Waals surface area contributed by atoms with E-state index < -0.39 is 5.91 Å². The van der Waals surface area contributed by atoms with Crippen LogP contribution in [0.5, 0.6) is 0 Å². The van der Waals surface area contributed by atoms with E-state index in [1.54, 1.807) is 14.2 Å². The highest BCUT2D eigenvalue weighted by Crippen LogP contribution is 2.08. The fraction of sp³-hybridized carbons (Fsp3) is 0.818. The SMILES string of the molecule is COC(CCCCCC(=O)NCC(=O)N=[N+]=[N-])OC. The van der Waals surface area contributed by atoms with Crippen molar-refractivity contribution in [3.05, 3.63) is 10.4 Å². The smallest absolute Gasteiger partial charge is 0.237 e. The van der Waals surface area contributed by atoms with E-state index in [0.29, 0.717) is 6.42 Å². The number of rotatable bonds is 10. The van der Waals surface area contributed by atoms with Crippen molar-refractivity contribution in [2.24, 2.45) is 5.11 Å². The Kier molecular flexibility index (Phi) is 10.5. The van der Waals surface area contributed by atoms with E-state index in [2.05, 4.69) is 15.3 Å². The van der Waals surface area contributed by atoms with E-state index in [9.17, 15) is 9.59 Å². The molecule has 0 aromatic heterocycles. The zero-order valence-corrected chi connectivity index (χ0v) is 11.3. The standard InChI is InChI=1S/C11H20N4O4/c1-18-11(19-2)7-5-3-4-6-9(16)13-8-10(17)14-15-12/h11H,3-8H2,1-2H3,(H,13,16). The second-order valence-electron chi connectivity index (χ2n) is 3.86. The van der Waals surface area contributed by atoms with Gasteiger partial charge in [-0.05, 0) is 29.9 Å². The molecule has 0 aliphatic rings. The molecular formula is C11H20N4O4. The van der Waals surface area contributed by atoms with Crippen molar-refractivity contribution in [2.45, 2.75) is 38.4 Å². The second kappa shape index (κ2) is 11.5. The number of hydrogen-bond donors (Lipinski definition) is 1. The number of amides is 2. The molecule has 108 valence electrons. The number of carbonyl (C=O) groups is 2. The van der Waals surface area contributed by atoms with Gasteiger partial charge in [0.2, 0.25) is 11.8 Å². The summed E-state index contributed by atoms with van der Waals surface area (Å²) in [4.78, 5) is 24.4. The van der Waals surface area contributed by atoms with Gasteiger partial charge in [-0.3, -0.25) is 9.59 Å². The van der Waals surface area contributed by atoms with Crippen LogP contribution in [0.2, 0.25) is 0 Å². The predicted octanol–water partition coefficient (Wildman–Crippen LogP) is 1.51. The summed E-state index contributed by atoms with van der Waals surface area (Å²) < 4.78 is 10.1. The van der Waals surface area contributed by atoms with Crippen molar-refractivity contribution in [2.75, 3.05) is 20.8 Å². The van der Waals surface area contributed by atoms with Gasteiger partial charge in [0, 0.05) is 25.6 Å². The van der Waals surface area contributed by atoms with Crippen LogP contribution in [-0.2, 0) is 19.1 Å². The molecule has 0 aliphatic heterocycles. The minimum Gasteiger partial charge on any atom is -0.356 e. The molecule has 0 aromatic rings. The highest BCUT2D eigenvalue weighted by Gasteiger charge is 2.06. The van der Waals surface area contributed by atoms with Crippen molar-refractivity contribution in [1.29, 1.82) is 0 Å². The van der Waals surface area contributed by atoms with Gasteiger partial charge in [-0.2, -0.15) is 0 Å². The third-order valence-electron chi connectivity index (χ3n) is 2.46. The van der Waals surface area contributed by atoms with Crippen LogP contribution in [0.25, 0.3) is 10.4 Å². The molecule has 0 saturated carbocycles. The van der Waals surface area contributed by atoms with Gasteiger partial charge in [-0.15, -0.1) is 0 Å². The van der Waals surface area contributed by atoms with E-state index >= 15 is 0 Å². The van der Waals surface area contributed by atoms with Crippen molar-refractivity contribution in [1.82, 2.24) is 5.32 Å². The van der Waals surface area contributed by atoms with E-state index in [0.717, 1.165) is 25.7 Å². The molecule has 19 heavy (non-hydrogen) atoms. The zero-order chi connectivity index (χ0) is 14.5. The van der Waals surface area contributed by atoms with Crippen LogP contribution in [0, 0.1) is 0 Å². The van der Waals surface area contributed by atoms with Crippen LogP contribution in [0.15, 0.2) is 5.11 Å². The average molecular weight is 272 g/mol. The van der Waals surface area contributed by atoms with E-state index in [1.165, 1.54) is 0 Å². The van der Waals surface area contributed by atoms with Gasteiger partial charge in [0.05, 0.1) is 6.54 Å². The van der Waals surface area contributed by atoms with Gasteiger partial charge in [0.25, 0.3) is 0 Å². The number of nitrogens with one attached hydrogen (secondary N) is 1. The second-order valence-corrected chi connectivity index (χ2v) is 3.86. The minimum atomic E-state index is -0.695. The average Bonchev–Trinajstić information content (AvgIpc) is 2.41. The quantitative estimate of drug-likeness (QED) is 0.213. The monoisotopic (exact) mass is 272 g/mol. The largest absolute Gasteiger partial charge is 0.356 e. The number of carbonyl (C=O) groups excluding carboxylic acids is 2. The molecule has 0 aromatic carbocycles. The van der Waals surface area contributed by atoms with Crippen molar-refractivity contribution < 1.29 is 19.1 Å². The molecule has 1 N–H and O–H groups in total. The van der Waals surface area contributed by atoms with Crippen molar-refractivity contribution in [3.63, 3.8) is 0 Å². The summed E-state index contributed by atoms with van der Waals surface area (Å²) in [6.45, 7) is -0.252. The Morgan fingerprint density at radius 3 is 2.53 bits per heavy atom. The molecule has 8 heteroatoms.